The maximum absolute atomic E-state index is 15.1. The monoisotopic (exact) mass is 589 g/mol. The van der Waals surface area contributed by atoms with Crippen LogP contribution in [0.3, 0.4) is 0 Å². The van der Waals surface area contributed by atoms with Crippen molar-refractivity contribution in [2.75, 3.05) is 39.3 Å². The molecule has 226 valence electrons. The minimum Gasteiger partial charge on any atom is -0.444 e. The number of benzene rings is 2. The number of likely N-dealkylation sites (tertiary alicyclic amines) is 1. The number of amides is 2. The molecule has 0 bridgehead atoms. The van der Waals surface area contributed by atoms with Gasteiger partial charge in [0.25, 0.3) is 5.91 Å². The highest BCUT2D eigenvalue weighted by atomic mass is 19.4. The molecular weight excluding hydrogens is 554 g/mol. The highest BCUT2D eigenvalue weighted by molar-refractivity contribution is 5.94. The number of aromatic amines is 1. The van der Waals surface area contributed by atoms with Gasteiger partial charge in [-0.3, -0.25) is 9.69 Å². The largest absolute Gasteiger partial charge is 0.444 e. The van der Waals surface area contributed by atoms with Crippen molar-refractivity contribution in [3.05, 3.63) is 64.7 Å². The van der Waals surface area contributed by atoms with Crippen LogP contribution in [0.4, 0.5) is 22.4 Å². The normalized spacial score (nSPS) is 17.6. The number of piperidine rings is 1. The number of nitrogens with zero attached hydrogens (tertiary/aromatic N) is 4. The molecule has 12 heteroatoms. The van der Waals surface area contributed by atoms with Crippen molar-refractivity contribution < 1.29 is 31.9 Å². The molecule has 0 radical (unpaired) electrons. The van der Waals surface area contributed by atoms with E-state index in [0.29, 0.717) is 75.3 Å². The van der Waals surface area contributed by atoms with Gasteiger partial charge in [-0.2, -0.15) is 13.2 Å². The fourth-order valence-corrected chi connectivity index (χ4v) is 5.48. The molecule has 2 aliphatic heterocycles. The predicted molar refractivity (Wildman–Crippen MR) is 148 cm³/mol. The summed E-state index contributed by atoms with van der Waals surface area (Å²) in [5.41, 5.74) is 0.989. The number of nitrogens with one attached hydrogen (secondary N) is 1. The average Bonchev–Trinajstić information content (AvgIpc) is 3.34. The number of piperazine rings is 1. The van der Waals surface area contributed by atoms with Crippen LogP contribution in [-0.2, 0) is 17.5 Å². The topological polar surface area (TPSA) is 81.8 Å². The van der Waals surface area contributed by atoms with Crippen LogP contribution in [0, 0.1) is 5.82 Å². The summed E-state index contributed by atoms with van der Waals surface area (Å²) in [6, 6.07) is 8.18. The van der Waals surface area contributed by atoms with E-state index < -0.39 is 17.3 Å². The molecular formula is C30H35F4N5O3. The Morgan fingerprint density at radius 3 is 2.19 bits per heavy atom. The van der Waals surface area contributed by atoms with Gasteiger partial charge in [0.2, 0.25) is 0 Å². The summed E-state index contributed by atoms with van der Waals surface area (Å²) in [7, 11) is 0. The number of alkyl halides is 3. The second-order valence-electron chi connectivity index (χ2n) is 12.0. The van der Waals surface area contributed by atoms with Gasteiger partial charge in [-0.15, -0.1) is 0 Å². The molecule has 2 aliphatic rings. The minimum atomic E-state index is -4.37. The first-order valence-corrected chi connectivity index (χ1v) is 14.1. The third-order valence-electron chi connectivity index (χ3n) is 7.74. The quantitative estimate of drug-likeness (QED) is 0.390. The number of rotatable bonds is 4. The van der Waals surface area contributed by atoms with Crippen LogP contribution in [0.2, 0.25) is 0 Å². The van der Waals surface area contributed by atoms with Gasteiger partial charge in [-0.1, -0.05) is 12.1 Å². The van der Waals surface area contributed by atoms with Crippen LogP contribution in [0.25, 0.3) is 11.0 Å². The van der Waals surface area contributed by atoms with Gasteiger partial charge in [0.05, 0.1) is 16.6 Å². The lowest BCUT2D eigenvalue weighted by Crippen LogP contribution is -2.48. The van der Waals surface area contributed by atoms with E-state index in [1.54, 1.807) is 15.9 Å². The van der Waals surface area contributed by atoms with E-state index in [1.807, 2.05) is 20.8 Å². The average molecular weight is 590 g/mol. The van der Waals surface area contributed by atoms with Crippen molar-refractivity contribution in [2.24, 2.45) is 0 Å². The second kappa shape index (κ2) is 11.5. The van der Waals surface area contributed by atoms with E-state index >= 15 is 4.39 Å². The zero-order chi connectivity index (χ0) is 30.2. The fourth-order valence-electron chi connectivity index (χ4n) is 5.48. The van der Waals surface area contributed by atoms with E-state index in [9.17, 15) is 22.8 Å². The summed E-state index contributed by atoms with van der Waals surface area (Å²) in [6.45, 7) is 8.88. The van der Waals surface area contributed by atoms with Gasteiger partial charge in [0, 0.05) is 51.9 Å². The van der Waals surface area contributed by atoms with Crippen LogP contribution < -0.4 is 0 Å². The molecule has 3 heterocycles. The van der Waals surface area contributed by atoms with E-state index in [1.165, 1.54) is 18.2 Å². The summed E-state index contributed by atoms with van der Waals surface area (Å²) in [4.78, 5) is 38.4. The molecule has 8 nitrogen and oxygen atoms in total. The second-order valence-corrected chi connectivity index (χ2v) is 12.0. The first kappa shape index (κ1) is 29.8. The molecule has 2 amide bonds. The van der Waals surface area contributed by atoms with Crippen molar-refractivity contribution in [1.82, 2.24) is 24.7 Å². The van der Waals surface area contributed by atoms with Gasteiger partial charge < -0.3 is 19.5 Å². The molecule has 0 unspecified atom stereocenters. The minimum absolute atomic E-state index is 0.0757. The smallest absolute Gasteiger partial charge is 0.416 e. The van der Waals surface area contributed by atoms with Crippen LogP contribution in [0.15, 0.2) is 36.4 Å². The van der Waals surface area contributed by atoms with Crippen molar-refractivity contribution in [1.29, 1.82) is 0 Å². The van der Waals surface area contributed by atoms with Gasteiger partial charge in [-0.25, -0.2) is 14.2 Å². The van der Waals surface area contributed by atoms with Gasteiger partial charge in [0.1, 0.15) is 11.4 Å². The maximum Gasteiger partial charge on any atom is 0.416 e. The van der Waals surface area contributed by atoms with Crippen molar-refractivity contribution >= 4 is 23.0 Å². The Labute approximate surface area is 241 Å². The standard InChI is InChI=1S/C30H35F4N5O3/c1-29(2,3)42-28(41)39-10-8-20(9-11-39)22-16-24-25(17-23(22)31)36-26(35-24)27(40)38-14-12-37(13-15-38)18-19-4-6-21(7-5-19)30(32,33)34/h4-7,16-17,20H,8-15,18H2,1-3H3,(H,35,36). The summed E-state index contributed by atoms with van der Waals surface area (Å²) >= 11 is 0. The number of imidazole rings is 1. The van der Waals surface area contributed by atoms with E-state index in [4.69, 9.17) is 4.74 Å². The zero-order valence-electron chi connectivity index (χ0n) is 23.9. The Balaban J connectivity index is 1.18. The molecule has 1 aromatic heterocycles. The molecule has 5 rings (SSSR count). The van der Waals surface area contributed by atoms with Crippen LogP contribution in [0.5, 0.6) is 0 Å². The van der Waals surface area contributed by atoms with Crippen molar-refractivity contribution in [2.45, 2.75) is 57.9 Å². The Hall–Kier alpha value is -3.67. The van der Waals surface area contributed by atoms with Crippen molar-refractivity contribution in [3.8, 4) is 0 Å². The highest BCUT2D eigenvalue weighted by Crippen LogP contribution is 2.33. The molecule has 0 saturated carbocycles. The molecule has 3 aromatic rings. The lowest BCUT2D eigenvalue weighted by atomic mass is 9.89. The Morgan fingerprint density at radius 2 is 1.60 bits per heavy atom. The van der Waals surface area contributed by atoms with Crippen molar-refractivity contribution in [3.63, 3.8) is 0 Å². The van der Waals surface area contributed by atoms with Gasteiger partial charge in [0.15, 0.2) is 5.82 Å². The number of carbonyl (C=O) groups is 2. The number of fused-ring (bicyclic) bond motifs is 1. The number of hydrogen-bond acceptors (Lipinski definition) is 5. The van der Waals surface area contributed by atoms with Crippen LogP contribution >= 0.6 is 0 Å². The third-order valence-corrected chi connectivity index (χ3v) is 7.74. The SMILES string of the molecule is CC(C)(C)OC(=O)N1CCC(c2cc3[nH]c(C(=O)N4CCN(Cc5ccc(C(F)(F)F)cc5)CC4)nc3cc2F)CC1. The molecule has 42 heavy (non-hydrogen) atoms. The maximum atomic E-state index is 15.1. The van der Waals surface area contributed by atoms with E-state index in [-0.39, 0.29) is 29.6 Å². The predicted octanol–water partition coefficient (Wildman–Crippen LogP) is 5.79. The lowest BCUT2D eigenvalue weighted by Gasteiger charge is -2.34. The molecule has 0 spiro atoms. The molecule has 1 N–H and O–H groups in total. The molecule has 2 fully saturated rings. The number of halogens is 4. The lowest BCUT2D eigenvalue weighted by molar-refractivity contribution is -0.137. The summed E-state index contributed by atoms with van der Waals surface area (Å²) < 4.78 is 59.0. The van der Waals surface area contributed by atoms with Crippen LogP contribution in [-0.4, -0.2) is 81.5 Å². The first-order valence-electron chi connectivity index (χ1n) is 14.1. The molecule has 2 aromatic carbocycles. The van der Waals surface area contributed by atoms with E-state index in [0.717, 1.165) is 17.7 Å². The number of carbonyl (C=O) groups excluding carboxylic acids is 2. The molecule has 0 aliphatic carbocycles. The Kier molecular flexibility index (Phi) is 8.19. The summed E-state index contributed by atoms with van der Waals surface area (Å²) in [6.07, 6.45) is -3.54. The Bertz CT molecular complexity index is 1430. The highest BCUT2D eigenvalue weighted by Gasteiger charge is 2.31. The molecule has 0 atom stereocenters. The van der Waals surface area contributed by atoms with Crippen LogP contribution in [0.1, 0.15) is 66.8 Å². The third kappa shape index (κ3) is 6.86. The molecule has 2 saturated heterocycles. The number of H-pyrrole nitrogens is 1. The number of hydrogen-bond donors (Lipinski definition) is 1. The Morgan fingerprint density at radius 1 is 0.952 bits per heavy atom. The zero-order valence-corrected chi connectivity index (χ0v) is 23.9. The number of ether oxygens (including phenoxy) is 1. The summed E-state index contributed by atoms with van der Waals surface area (Å²) in [5.74, 6) is -0.612. The van der Waals surface area contributed by atoms with Gasteiger partial charge in [-0.05, 0) is 68.9 Å². The first-order chi connectivity index (χ1) is 19.8. The summed E-state index contributed by atoms with van der Waals surface area (Å²) in [5, 5.41) is 0. The fraction of sp³-hybridized carbons (Fsp3) is 0.500. The van der Waals surface area contributed by atoms with E-state index in [2.05, 4.69) is 14.9 Å². The number of aromatic nitrogens is 2. The van der Waals surface area contributed by atoms with Gasteiger partial charge >= 0.3 is 12.3 Å².